The zero-order valence-corrected chi connectivity index (χ0v) is 11.9. The minimum Gasteiger partial charge on any atom is -0.444 e. The highest BCUT2D eigenvalue weighted by Crippen LogP contribution is 2.28. The van der Waals surface area contributed by atoms with E-state index < -0.39 is 18.1 Å². The van der Waals surface area contributed by atoms with Crippen LogP contribution < -0.4 is 5.73 Å². The molecule has 1 aliphatic rings. The van der Waals surface area contributed by atoms with Crippen LogP contribution in [0, 0.1) is 11.8 Å². The van der Waals surface area contributed by atoms with Gasteiger partial charge in [0.1, 0.15) is 5.60 Å². The summed E-state index contributed by atoms with van der Waals surface area (Å²) in [5.41, 5.74) is 5.04. The van der Waals surface area contributed by atoms with Crippen LogP contribution in [0.2, 0.25) is 0 Å². The van der Waals surface area contributed by atoms with Gasteiger partial charge in [-0.2, -0.15) is 0 Å². The second-order valence-corrected chi connectivity index (χ2v) is 6.10. The van der Waals surface area contributed by atoms with Gasteiger partial charge in [-0.25, -0.2) is 13.6 Å². The van der Waals surface area contributed by atoms with Gasteiger partial charge in [0, 0.05) is 19.5 Å². The Labute approximate surface area is 113 Å². The van der Waals surface area contributed by atoms with Crippen LogP contribution in [0.15, 0.2) is 0 Å². The smallest absolute Gasteiger partial charge is 0.410 e. The molecule has 0 aliphatic carbocycles. The normalized spacial score (nSPS) is 24.7. The Morgan fingerprint density at radius 2 is 2.05 bits per heavy atom. The molecule has 0 bridgehead atoms. The summed E-state index contributed by atoms with van der Waals surface area (Å²) in [5.74, 6) is -0.182. The van der Waals surface area contributed by atoms with Crippen molar-refractivity contribution in [2.24, 2.45) is 17.6 Å². The predicted molar refractivity (Wildman–Crippen MR) is 69.1 cm³/mol. The van der Waals surface area contributed by atoms with E-state index in [-0.39, 0.29) is 18.3 Å². The van der Waals surface area contributed by atoms with Gasteiger partial charge in [-0.15, -0.1) is 0 Å². The van der Waals surface area contributed by atoms with Crippen molar-refractivity contribution in [2.45, 2.75) is 45.6 Å². The van der Waals surface area contributed by atoms with Crippen LogP contribution in [0.25, 0.3) is 0 Å². The standard InChI is InChI=1S/C13H24F2N2O2/c1-13(2,3)19-12(18)17-5-4-9(7-16)10(8-17)6-11(14)15/h9-11H,4-8,16H2,1-3H3. The molecule has 6 heteroatoms. The first-order chi connectivity index (χ1) is 8.73. The second kappa shape index (κ2) is 6.50. The van der Waals surface area contributed by atoms with Gasteiger partial charge in [0.15, 0.2) is 0 Å². The zero-order valence-electron chi connectivity index (χ0n) is 11.9. The molecule has 1 aliphatic heterocycles. The lowest BCUT2D eigenvalue weighted by molar-refractivity contribution is 0.00211. The Balaban J connectivity index is 2.61. The second-order valence-electron chi connectivity index (χ2n) is 6.10. The third-order valence-corrected chi connectivity index (χ3v) is 3.33. The minimum absolute atomic E-state index is 0.0627. The monoisotopic (exact) mass is 278 g/mol. The van der Waals surface area contributed by atoms with Crippen LogP contribution in [0.4, 0.5) is 13.6 Å². The fourth-order valence-electron chi connectivity index (χ4n) is 2.38. The first kappa shape index (κ1) is 16.1. The number of likely N-dealkylation sites (tertiary alicyclic amines) is 1. The van der Waals surface area contributed by atoms with Crippen molar-refractivity contribution in [1.29, 1.82) is 0 Å². The molecule has 1 fully saturated rings. The van der Waals surface area contributed by atoms with Crippen molar-refractivity contribution in [3.05, 3.63) is 0 Å². The molecule has 2 atom stereocenters. The fraction of sp³-hybridized carbons (Fsp3) is 0.923. The van der Waals surface area contributed by atoms with E-state index in [1.807, 2.05) is 0 Å². The third-order valence-electron chi connectivity index (χ3n) is 3.33. The lowest BCUT2D eigenvalue weighted by Gasteiger charge is -2.38. The van der Waals surface area contributed by atoms with E-state index in [2.05, 4.69) is 0 Å². The van der Waals surface area contributed by atoms with E-state index in [9.17, 15) is 13.6 Å². The lowest BCUT2D eigenvalue weighted by atomic mass is 9.83. The van der Waals surface area contributed by atoms with Crippen LogP contribution in [0.3, 0.4) is 0 Å². The first-order valence-corrected chi connectivity index (χ1v) is 6.69. The molecule has 4 nitrogen and oxygen atoms in total. The van der Waals surface area contributed by atoms with Crippen LogP contribution in [-0.4, -0.2) is 42.7 Å². The Morgan fingerprint density at radius 1 is 1.42 bits per heavy atom. The van der Waals surface area contributed by atoms with Gasteiger partial charge in [0.2, 0.25) is 6.43 Å². The van der Waals surface area contributed by atoms with Gasteiger partial charge in [-0.05, 0) is 45.6 Å². The molecule has 2 N–H and O–H groups in total. The molecule has 1 heterocycles. The topological polar surface area (TPSA) is 55.6 Å². The van der Waals surface area contributed by atoms with Crippen molar-refractivity contribution in [2.75, 3.05) is 19.6 Å². The van der Waals surface area contributed by atoms with Gasteiger partial charge in [-0.1, -0.05) is 0 Å². The predicted octanol–water partition coefficient (Wildman–Crippen LogP) is 2.47. The Hall–Kier alpha value is -0.910. The number of carbonyl (C=O) groups is 1. The van der Waals surface area contributed by atoms with Crippen molar-refractivity contribution in [3.63, 3.8) is 0 Å². The number of carbonyl (C=O) groups excluding carboxylic acids is 1. The van der Waals surface area contributed by atoms with Gasteiger partial charge in [-0.3, -0.25) is 0 Å². The highest BCUT2D eigenvalue weighted by Gasteiger charge is 2.34. The molecule has 1 amide bonds. The summed E-state index contributed by atoms with van der Waals surface area (Å²) in [5, 5.41) is 0. The fourth-order valence-corrected chi connectivity index (χ4v) is 2.38. The van der Waals surface area contributed by atoms with Crippen LogP contribution in [0.1, 0.15) is 33.6 Å². The van der Waals surface area contributed by atoms with Crippen molar-refractivity contribution in [1.82, 2.24) is 4.90 Å². The number of piperidine rings is 1. The van der Waals surface area contributed by atoms with Gasteiger partial charge < -0.3 is 15.4 Å². The number of hydrogen-bond acceptors (Lipinski definition) is 3. The number of nitrogens with zero attached hydrogens (tertiary/aromatic N) is 1. The van der Waals surface area contributed by atoms with Gasteiger partial charge in [0.25, 0.3) is 0 Å². The first-order valence-electron chi connectivity index (χ1n) is 6.69. The van der Waals surface area contributed by atoms with E-state index in [0.29, 0.717) is 26.1 Å². The van der Waals surface area contributed by atoms with E-state index in [4.69, 9.17) is 10.5 Å². The SMILES string of the molecule is CC(C)(C)OC(=O)N1CCC(CN)C(CC(F)F)C1. The summed E-state index contributed by atoms with van der Waals surface area (Å²) in [4.78, 5) is 13.4. The highest BCUT2D eigenvalue weighted by atomic mass is 19.3. The van der Waals surface area contributed by atoms with Gasteiger partial charge >= 0.3 is 6.09 Å². The van der Waals surface area contributed by atoms with Crippen LogP contribution in [-0.2, 0) is 4.74 Å². The highest BCUT2D eigenvalue weighted by molar-refractivity contribution is 5.68. The Kier molecular flexibility index (Phi) is 5.52. The third kappa shape index (κ3) is 5.30. The maximum Gasteiger partial charge on any atom is 0.410 e. The molecule has 112 valence electrons. The number of hydrogen-bond donors (Lipinski definition) is 1. The molecule has 0 aromatic carbocycles. The molecular formula is C13H24F2N2O2. The maximum atomic E-state index is 12.6. The number of amides is 1. The van der Waals surface area contributed by atoms with E-state index >= 15 is 0 Å². The zero-order chi connectivity index (χ0) is 14.6. The number of halogens is 2. The largest absolute Gasteiger partial charge is 0.444 e. The summed E-state index contributed by atoms with van der Waals surface area (Å²) < 4.78 is 30.4. The summed E-state index contributed by atoms with van der Waals surface area (Å²) in [6.07, 6.45) is -2.34. The van der Waals surface area contributed by atoms with Crippen LogP contribution >= 0.6 is 0 Å². The lowest BCUT2D eigenvalue weighted by Crippen LogP contribution is -2.47. The molecule has 0 spiro atoms. The maximum absolute atomic E-state index is 12.6. The Morgan fingerprint density at radius 3 is 2.53 bits per heavy atom. The van der Waals surface area contributed by atoms with Crippen molar-refractivity contribution < 1.29 is 18.3 Å². The van der Waals surface area contributed by atoms with Crippen molar-refractivity contribution >= 4 is 6.09 Å². The van der Waals surface area contributed by atoms with Crippen molar-refractivity contribution in [3.8, 4) is 0 Å². The average molecular weight is 278 g/mol. The molecule has 1 rings (SSSR count). The molecule has 2 unspecified atom stereocenters. The summed E-state index contributed by atoms with van der Waals surface area (Å²) in [7, 11) is 0. The summed E-state index contributed by atoms with van der Waals surface area (Å²) >= 11 is 0. The van der Waals surface area contributed by atoms with Gasteiger partial charge in [0.05, 0.1) is 0 Å². The van der Waals surface area contributed by atoms with E-state index in [1.54, 1.807) is 20.8 Å². The molecule has 19 heavy (non-hydrogen) atoms. The molecular weight excluding hydrogens is 254 g/mol. The number of ether oxygens (including phenoxy) is 1. The van der Waals surface area contributed by atoms with E-state index in [0.717, 1.165) is 0 Å². The van der Waals surface area contributed by atoms with Crippen LogP contribution in [0.5, 0.6) is 0 Å². The molecule has 0 saturated carbocycles. The number of nitrogens with two attached hydrogens (primary N) is 1. The number of alkyl halides is 2. The summed E-state index contributed by atoms with van der Waals surface area (Å²) in [6, 6.07) is 0. The minimum atomic E-state index is -2.36. The molecule has 1 saturated heterocycles. The number of rotatable bonds is 3. The quantitative estimate of drug-likeness (QED) is 0.863. The Bertz CT molecular complexity index is 306. The summed E-state index contributed by atoms with van der Waals surface area (Å²) in [6.45, 7) is 6.58. The molecule has 0 radical (unpaired) electrons. The average Bonchev–Trinajstić information content (AvgIpc) is 2.25. The molecule has 0 aromatic rings. The molecule has 0 aromatic heterocycles. The van der Waals surface area contributed by atoms with E-state index in [1.165, 1.54) is 4.90 Å².